The molecule has 2 amide bonds. The fourth-order valence-corrected chi connectivity index (χ4v) is 2.53. The van der Waals surface area contributed by atoms with E-state index in [0.29, 0.717) is 11.4 Å². The highest BCUT2D eigenvalue weighted by molar-refractivity contribution is 6.43. The van der Waals surface area contributed by atoms with Crippen LogP contribution in [0, 0.1) is 0 Å². The summed E-state index contributed by atoms with van der Waals surface area (Å²) in [6.45, 7) is 10.5. The molecule has 4 heteroatoms. The van der Waals surface area contributed by atoms with Gasteiger partial charge in [0, 0.05) is 11.4 Å². The summed E-state index contributed by atoms with van der Waals surface area (Å²) in [7, 11) is 0. The molecule has 0 aliphatic rings. The molecule has 0 bridgehead atoms. The minimum absolute atomic E-state index is 0.0421. The molecule has 0 saturated heterocycles. The first-order chi connectivity index (χ1) is 11.7. The molecule has 0 aliphatic heterocycles. The maximum Gasteiger partial charge on any atom is 0.314 e. The molecule has 0 spiro atoms. The van der Waals surface area contributed by atoms with Crippen LogP contribution in [0.2, 0.25) is 0 Å². The standard InChI is InChI=1S/C21H26N2O2/c1-14(2)17-8-6-7-9-18(17)23-20(25)19(24)22-16-12-10-15(11-13-16)21(3,4)5/h6-14H,1-5H3,(H,22,24)(H,23,25). The van der Waals surface area contributed by atoms with E-state index in [2.05, 4.69) is 31.4 Å². The van der Waals surface area contributed by atoms with Crippen molar-refractivity contribution in [3.63, 3.8) is 0 Å². The third-order valence-electron chi connectivity index (χ3n) is 4.05. The number of anilines is 2. The van der Waals surface area contributed by atoms with Crippen LogP contribution >= 0.6 is 0 Å². The Kier molecular flexibility index (Phi) is 5.62. The number of nitrogens with one attached hydrogen (secondary N) is 2. The van der Waals surface area contributed by atoms with Gasteiger partial charge in [0.1, 0.15) is 0 Å². The lowest BCUT2D eigenvalue weighted by molar-refractivity contribution is -0.133. The average Bonchev–Trinajstić information content (AvgIpc) is 2.54. The Bertz CT molecular complexity index is 756. The zero-order valence-electron chi connectivity index (χ0n) is 15.5. The highest BCUT2D eigenvalue weighted by Crippen LogP contribution is 2.24. The van der Waals surface area contributed by atoms with Gasteiger partial charge in [0.05, 0.1) is 0 Å². The van der Waals surface area contributed by atoms with E-state index in [1.807, 2.05) is 56.3 Å². The first-order valence-corrected chi connectivity index (χ1v) is 8.50. The highest BCUT2D eigenvalue weighted by atomic mass is 16.2. The molecule has 25 heavy (non-hydrogen) atoms. The number of carbonyl (C=O) groups is 2. The number of amides is 2. The topological polar surface area (TPSA) is 58.2 Å². The molecule has 0 unspecified atom stereocenters. The second kappa shape index (κ2) is 7.51. The largest absolute Gasteiger partial charge is 0.318 e. The quantitative estimate of drug-likeness (QED) is 0.798. The molecule has 132 valence electrons. The molecule has 0 heterocycles. The van der Waals surface area contributed by atoms with Crippen LogP contribution < -0.4 is 10.6 Å². The smallest absolute Gasteiger partial charge is 0.314 e. The van der Waals surface area contributed by atoms with Crippen LogP contribution in [0.5, 0.6) is 0 Å². The Balaban J connectivity index is 2.05. The van der Waals surface area contributed by atoms with Crippen molar-refractivity contribution < 1.29 is 9.59 Å². The predicted octanol–water partition coefficient (Wildman–Crippen LogP) is 4.68. The Morgan fingerprint density at radius 3 is 1.96 bits per heavy atom. The summed E-state index contributed by atoms with van der Waals surface area (Å²) in [6, 6.07) is 15.1. The summed E-state index contributed by atoms with van der Waals surface area (Å²) in [5.41, 5.74) is 3.48. The lowest BCUT2D eigenvalue weighted by Crippen LogP contribution is -2.29. The van der Waals surface area contributed by atoms with Crippen molar-refractivity contribution in [2.24, 2.45) is 0 Å². The van der Waals surface area contributed by atoms with Gasteiger partial charge in [0.15, 0.2) is 0 Å². The van der Waals surface area contributed by atoms with E-state index in [4.69, 9.17) is 0 Å². The molecular formula is C21H26N2O2. The van der Waals surface area contributed by atoms with Gasteiger partial charge in [0.2, 0.25) is 0 Å². The van der Waals surface area contributed by atoms with Gasteiger partial charge >= 0.3 is 11.8 Å². The van der Waals surface area contributed by atoms with Crippen molar-refractivity contribution in [3.8, 4) is 0 Å². The van der Waals surface area contributed by atoms with Gasteiger partial charge in [-0.3, -0.25) is 9.59 Å². The first kappa shape index (κ1) is 18.7. The first-order valence-electron chi connectivity index (χ1n) is 8.50. The zero-order valence-corrected chi connectivity index (χ0v) is 15.5. The number of benzene rings is 2. The van der Waals surface area contributed by atoms with E-state index in [1.54, 1.807) is 6.07 Å². The van der Waals surface area contributed by atoms with Crippen molar-refractivity contribution in [3.05, 3.63) is 59.7 Å². The summed E-state index contributed by atoms with van der Waals surface area (Å²) >= 11 is 0. The van der Waals surface area contributed by atoms with E-state index in [1.165, 1.54) is 5.56 Å². The third kappa shape index (κ3) is 4.92. The molecule has 0 aliphatic carbocycles. The van der Waals surface area contributed by atoms with E-state index in [0.717, 1.165) is 5.56 Å². The van der Waals surface area contributed by atoms with Crippen molar-refractivity contribution in [2.75, 3.05) is 10.6 Å². The van der Waals surface area contributed by atoms with Crippen molar-refractivity contribution in [1.82, 2.24) is 0 Å². The number of hydrogen-bond acceptors (Lipinski definition) is 2. The van der Waals surface area contributed by atoms with Gasteiger partial charge in [-0.25, -0.2) is 0 Å². The molecule has 2 aromatic carbocycles. The summed E-state index contributed by atoms with van der Waals surface area (Å²) in [5, 5.41) is 5.33. The highest BCUT2D eigenvalue weighted by Gasteiger charge is 2.17. The SMILES string of the molecule is CC(C)c1ccccc1NC(=O)C(=O)Nc1ccc(C(C)(C)C)cc1. The molecule has 0 atom stereocenters. The maximum atomic E-state index is 12.2. The molecule has 0 aromatic heterocycles. The number of carbonyl (C=O) groups excluding carboxylic acids is 2. The molecule has 0 saturated carbocycles. The Morgan fingerprint density at radius 1 is 0.840 bits per heavy atom. The number of rotatable bonds is 3. The van der Waals surface area contributed by atoms with Crippen molar-refractivity contribution >= 4 is 23.2 Å². The Labute approximate surface area is 149 Å². The Hall–Kier alpha value is -2.62. The lowest BCUT2D eigenvalue weighted by atomic mass is 9.87. The van der Waals surface area contributed by atoms with Crippen LogP contribution in [0.25, 0.3) is 0 Å². The molecule has 2 aromatic rings. The van der Waals surface area contributed by atoms with E-state index in [-0.39, 0.29) is 11.3 Å². The molecule has 4 nitrogen and oxygen atoms in total. The molecule has 2 N–H and O–H groups in total. The minimum atomic E-state index is -0.679. The molecule has 0 radical (unpaired) electrons. The van der Waals surface area contributed by atoms with Crippen LogP contribution in [0.4, 0.5) is 11.4 Å². The van der Waals surface area contributed by atoms with Crippen LogP contribution in [-0.2, 0) is 15.0 Å². The third-order valence-corrected chi connectivity index (χ3v) is 4.05. The molecule has 0 fully saturated rings. The number of hydrogen-bond donors (Lipinski definition) is 2. The summed E-state index contributed by atoms with van der Waals surface area (Å²) in [4.78, 5) is 24.4. The lowest BCUT2D eigenvalue weighted by Gasteiger charge is -2.19. The molecule has 2 rings (SSSR count). The van der Waals surface area contributed by atoms with Crippen LogP contribution in [0.3, 0.4) is 0 Å². The summed E-state index contributed by atoms with van der Waals surface area (Å²) < 4.78 is 0. The maximum absolute atomic E-state index is 12.2. The van der Waals surface area contributed by atoms with Crippen molar-refractivity contribution in [2.45, 2.75) is 46.0 Å². The van der Waals surface area contributed by atoms with E-state index >= 15 is 0 Å². The van der Waals surface area contributed by atoms with Gasteiger partial charge in [-0.1, -0.05) is 65.0 Å². The normalized spacial score (nSPS) is 11.3. The number of para-hydroxylation sites is 1. The van der Waals surface area contributed by atoms with Gasteiger partial charge in [-0.05, 0) is 40.7 Å². The fraction of sp³-hybridized carbons (Fsp3) is 0.333. The summed E-state index contributed by atoms with van der Waals surface area (Å²) in [6.07, 6.45) is 0. The fourth-order valence-electron chi connectivity index (χ4n) is 2.53. The van der Waals surface area contributed by atoms with E-state index in [9.17, 15) is 9.59 Å². The van der Waals surface area contributed by atoms with Gasteiger partial charge in [-0.15, -0.1) is 0 Å². The molecular weight excluding hydrogens is 312 g/mol. The minimum Gasteiger partial charge on any atom is -0.318 e. The second-order valence-corrected chi connectivity index (χ2v) is 7.48. The van der Waals surface area contributed by atoms with Crippen LogP contribution in [-0.4, -0.2) is 11.8 Å². The summed E-state index contributed by atoms with van der Waals surface area (Å²) in [5.74, 6) is -1.10. The average molecular weight is 338 g/mol. The van der Waals surface area contributed by atoms with Crippen LogP contribution in [0.1, 0.15) is 51.7 Å². The predicted molar refractivity (Wildman–Crippen MR) is 103 cm³/mol. The van der Waals surface area contributed by atoms with Gasteiger partial charge in [-0.2, -0.15) is 0 Å². The monoisotopic (exact) mass is 338 g/mol. The Morgan fingerprint density at radius 2 is 1.40 bits per heavy atom. The van der Waals surface area contributed by atoms with Gasteiger partial charge in [0.25, 0.3) is 0 Å². The van der Waals surface area contributed by atoms with Crippen molar-refractivity contribution in [1.29, 1.82) is 0 Å². The zero-order chi connectivity index (χ0) is 18.6. The van der Waals surface area contributed by atoms with Crippen LogP contribution in [0.15, 0.2) is 48.5 Å². The van der Waals surface area contributed by atoms with E-state index < -0.39 is 11.8 Å². The van der Waals surface area contributed by atoms with Gasteiger partial charge < -0.3 is 10.6 Å². The second-order valence-electron chi connectivity index (χ2n) is 7.48.